The largest absolute Gasteiger partial charge is 0.478 e. The fourth-order valence-corrected chi connectivity index (χ4v) is 4.87. The topological polar surface area (TPSA) is 63.6 Å². The highest BCUT2D eigenvalue weighted by molar-refractivity contribution is 6.04. The Morgan fingerprint density at radius 1 is 0.824 bits per heavy atom. The predicted molar refractivity (Wildman–Crippen MR) is 140 cm³/mol. The van der Waals surface area contributed by atoms with E-state index in [9.17, 15) is 14.7 Å². The Bertz CT molecular complexity index is 793. The van der Waals surface area contributed by atoms with Crippen LogP contribution in [0.4, 0.5) is 0 Å². The van der Waals surface area contributed by atoms with E-state index in [1.165, 1.54) is 57.8 Å². The number of hydrogen-bond acceptors (Lipinski definition) is 3. The van der Waals surface area contributed by atoms with E-state index in [1.54, 1.807) is 6.07 Å². The van der Waals surface area contributed by atoms with Crippen LogP contribution in [0.1, 0.15) is 148 Å². The molecule has 0 saturated carbocycles. The Morgan fingerprint density at radius 3 is 2.03 bits per heavy atom. The van der Waals surface area contributed by atoms with Crippen molar-refractivity contribution < 1.29 is 19.4 Å². The maximum absolute atomic E-state index is 13.3. The third-order valence-electron chi connectivity index (χ3n) is 6.90. The average molecular weight is 471 g/mol. The first-order valence-electron chi connectivity index (χ1n) is 13.9. The lowest BCUT2D eigenvalue weighted by molar-refractivity contribution is 0.0587. The normalized spacial score (nSPS) is 13.5. The van der Waals surface area contributed by atoms with Crippen molar-refractivity contribution in [3.05, 3.63) is 46.2 Å². The zero-order valence-corrected chi connectivity index (χ0v) is 21.6. The summed E-state index contributed by atoms with van der Waals surface area (Å²) in [5.74, 6) is -0.851. The highest BCUT2D eigenvalue weighted by atomic mass is 16.5. The summed E-state index contributed by atoms with van der Waals surface area (Å²) in [7, 11) is 0. The molecule has 190 valence electrons. The summed E-state index contributed by atoms with van der Waals surface area (Å²) in [5, 5.41) is 9.88. The molecule has 0 heterocycles. The van der Waals surface area contributed by atoms with E-state index in [0.29, 0.717) is 5.76 Å². The number of hydrogen-bond donors (Lipinski definition) is 1. The molecular weight excluding hydrogens is 424 g/mol. The summed E-state index contributed by atoms with van der Waals surface area (Å²) in [4.78, 5) is 25.4. The van der Waals surface area contributed by atoms with E-state index in [0.717, 1.165) is 68.9 Å². The number of aromatic carboxylic acids is 1. The van der Waals surface area contributed by atoms with Gasteiger partial charge in [0.25, 0.3) is 0 Å². The lowest BCUT2D eigenvalue weighted by Crippen LogP contribution is -2.17. The fraction of sp³-hybridized carbons (Fsp3) is 0.667. The van der Waals surface area contributed by atoms with E-state index in [4.69, 9.17) is 4.74 Å². The lowest BCUT2D eigenvalue weighted by atomic mass is 9.89. The molecule has 1 aliphatic rings. The summed E-state index contributed by atoms with van der Waals surface area (Å²) < 4.78 is 5.75. The van der Waals surface area contributed by atoms with Crippen molar-refractivity contribution in [2.75, 3.05) is 0 Å². The SMILES string of the molecule is CCCCCCCCc1ccc(C(=O)O)c(C(=O)OC2=CCCCC2)c1CCCCCCCC. The molecule has 1 aliphatic carbocycles. The van der Waals surface area contributed by atoms with E-state index in [2.05, 4.69) is 13.8 Å². The number of carboxylic acids is 1. The van der Waals surface area contributed by atoms with Gasteiger partial charge in [0.15, 0.2) is 0 Å². The molecule has 0 aromatic heterocycles. The second kappa shape index (κ2) is 16.5. The van der Waals surface area contributed by atoms with Crippen molar-refractivity contribution in [2.45, 2.75) is 129 Å². The first-order chi connectivity index (χ1) is 16.6. The number of rotatable bonds is 17. The molecule has 0 aliphatic heterocycles. The Kier molecular flexibility index (Phi) is 13.7. The van der Waals surface area contributed by atoms with E-state index >= 15 is 0 Å². The number of ether oxygens (including phenoxy) is 1. The molecule has 34 heavy (non-hydrogen) atoms. The molecule has 0 radical (unpaired) electrons. The summed E-state index contributed by atoms with van der Waals surface area (Å²) in [6, 6.07) is 3.56. The molecule has 1 aromatic carbocycles. The van der Waals surface area contributed by atoms with Crippen LogP contribution in [-0.2, 0) is 17.6 Å². The maximum atomic E-state index is 13.3. The van der Waals surface area contributed by atoms with Gasteiger partial charge < -0.3 is 9.84 Å². The molecular formula is C30H46O4. The second-order valence-corrected chi connectivity index (χ2v) is 9.77. The summed E-state index contributed by atoms with van der Waals surface area (Å²) in [6.07, 6.45) is 21.6. The molecule has 1 aromatic rings. The van der Waals surface area contributed by atoms with Crippen LogP contribution in [-0.4, -0.2) is 17.0 Å². The van der Waals surface area contributed by atoms with Gasteiger partial charge in [0.05, 0.1) is 11.1 Å². The second-order valence-electron chi connectivity index (χ2n) is 9.77. The number of esters is 1. The van der Waals surface area contributed by atoms with Gasteiger partial charge in [-0.15, -0.1) is 0 Å². The van der Waals surface area contributed by atoms with Crippen LogP contribution in [0.5, 0.6) is 0 Å². The highest BCUT2D eigenvalue weighted by Gasteiger charge is 2.25. The minimum absolute atomic E-state index is 0.0779. The smallest absolute Gasteiger partial charge is 0.344 e. The quantitative estimate of drug-likeness (QED) is 0.182. The minimum Gasteiger partial charge on any atom is -0.478 e. The average Bonchev–Trinajstić information content (AvgIpc) is 2.84. The van der Waals surface area contributed by atoms with E-state index in [1.807, 2.05) is 12.1 Å². The molecule has 0 atom stereocenters. The molecule has 0 bridgehead atoms. The summed E-state index contributed by atoms with van der Waals surface area (Å²) in [5.41, 5.74) is 2.40. The van der Waals surface area contributed by atoms with E-state index in [-0.39, 0.29) is 11.1 Å². The standard InChI is InChI=1S/C30H46O4/c1-3-5-7-9-11-14-18-24-22-23-27(29(31)32)28(26(24)21-17-12-10-8-6-4-2)30(33)34-25-19-15-13-16-20-25/h19,22-23H,3-18,20-21H2,1-2H3,(H,31,32). The molecule has 0 unspecified atom stereocenters. The van der Waals surface area contributed by atoms with Crippen molar-refractivity contribution in [1.29, 1.82) is 0 Å². The maximum Gasteiger partial charge on any atom is 0.344 e. The van der Waals surface area contributed by atoms with Gasteiger partial charge in [0.2, 0.25) is 0 Å². The number of carboxylic acid groups (broad SMARTS) is 1. The van der Waals surface area contributed by atoms with Gasteiger partial charge in [-0.1, -0.05) is 84.1 Å². The molecule has 2 rings (SSSR count). The zero-order valence-electron chi connectivity index (χ0n) is 21.6. The fourth-order valence-electron chi connectivity index (χ4n) is 4.87. The third kappa shape index (κ3) is 9.64. The first-order valence-corrected chi connectivity index (χ1v) is 13.9. The van der Waals surface area contributed by atoms with Crippen LogP contribution in [0.15, 0.2) is 24.0 Å². The molecule has 4 nitrogen and oxygen atoms in total. The summed E-state index contributed by atoms with van der Waals surface area (Å²) >= 11 is 0. The Morgan fingerprint density at radius 2 is 1.44 bits per heavy atom. The van der Waals surface area contributed by atoms with Gasteiger partial charge in [-0.3, -0.25) is 0 Å². The highest BCUT2D eigenvalue weighted by Crippen LogP contribution is 2.28. The predicted octanol–water partition coefficient (Wildman–Crippen LogP) is 8.81. The van der Waals surface area contributed by atoms with Gasteiger partial charge in [-0.25, -0.2) is 9.59 Å². The van der Waals surface area contributed by atoms with Crippen LogP contribution in [0.3, 0.4) is 0 Å². The molecule has 0 spiro atoms. The van der Waals surface area contributed by atoms with Crippen molar-refractivity contribution in [1.82, 2.24) is 0 Å². The van der Waals surface area contributed by atoms with Gasteiger partial charge in [-0.2, -0.15) is 0 Å². The first kappa shape index (κ1) is 28.1. The molecule has 1 N–H and O–H groups in total. The molecule has 0 amide bonds. The van der Waals surface area contributed by atoms with Gasteiger partial charge in [-0.05, 0) is 68.2 Å². The number of unbranched alkanes of at least 4 members (excludes halogenated alkanes) is 10. The summed E-state index contributed by atoms with van der Waals surface area (Å²) in [6.45, 7) is 4.44. The molecule has 0 fully saturated rings. The Labute approximate surface area is 207 Å². The van der Waals surface area contributed by atoms with Crippen LogP contribution in [0.25, 0.3) is 0 Å². The number of aryl methyl sites for hydroxylation is 1. The number of benzene rings is 1. The number of carbonyl (C=O) groups excluding carboxylic acids is 1. The van der Waals surface area contributed by atoms with Crippen molar-refractivity contribution in [2.24, 2.45) is 0 Å². The number of carbonyl (C=O) groups is 2. The molecule has 0 saturated heterocycles. The minimum atomic E-state index is -1.06. The van der Waals surface area contributed by atoms with Crippen LogP contribution < -0.4 is 0 Å². The Hall–Kier alpha value is -2.10. The van der Waals surface area contributed by atoms with Crippen molar-refractivity contribution in [3.8, 4) is 0 Å². The van der Waals surface area contributed by atoms with E-state index < -0.39 is 11.9 Å². The van der Waals surface area contributed by atoms with Crippen molar-refractivity contribution in [3.63, 3.8) is 0 Å². The van der Waals surface area contributed by atoms with Crippen molar-refractivity contribution >= 4 is 11.9 Å². The number of allylic oxidation sites excluding steroid dienone is 2. The zero-order chi connectivity index (χ0) is 24.6. The lowest BCUT2D eigenvalue weighted by Gasteiger charge is -2.19. The van der Waals surface area contributed by atoms with Crippen LogP contribution in [0.2, 0.25) is 0 Å². The monoisotopic (exact) mass is 470 g/mol. The third-order valence-corrected chi connectivity index (χ3v) is 6.90. The van der Waals surface area contributed by atoms with Gasteiger partial charge in [0.1, 0.15) is 5.76 Å². The van der Waals surface area contributed by atoms with Crippen LogP contribution >= 0.6 is 0 Å². The Balaban J connectivity index is 2.22. The van der Waals surface area contributed by atoms with Gasteiger partial charge >= 0.3 is 11.9 Å². The molecule has 4 heteroatoms. The van der Waals surface area contributed by atoms with Crippen LogP contribution in [0, 0.1) is 0 Å². The van der Waals surface area contributed by atoms with Gasteiger partial charge in [0, 0.05) is 6.42 Å².